The van der Waals surface area contributed by atoms with Gasteiger partial charge >= 0.3 is 0 Å². The molecule has 0 unspecified atom stereocenters. The summed E-state index contributed by atoms with van der Waals surface area (Å²) < 4.78 is 13.2. The number of rotatable bonds is 4. The predicted octanol–water partition coefficient (Wildman–Crippen LogP) is 2.72. The second kappa shape index (κ2) is 6.90. The van der Waals surface area contributed by atoms with Crippen LogP contribution in [0.2, 0.25) is 0 Å². The fourth-order valence-corrected chi connectivity index (χ4v) is 5.32. The highest BCUT2D eigenvalue weighted by molar-refractivity contribution is 7.15. The van der Waals surface area contributed by atoms with Crippen molar-refractivity contribution in [1.29, 1.82) is 0 Å². The van der Waals surface area contributed by atoms with Crippen molar-refractivity contribution in [1.82, 2.24) is 14.3 Å². The van der Waals surface area contributed by atoms with E-state index in [1.165, 1.54) is 16.9 Å². The summed E-state index contributed by atoms with van der Waals surface area (Å²) in [6, 6.07) is 6.15. The minimum atomic E-state index is 0.0683. The monoisotopic (exact) mass is 397 g/mol. The van der Waals surface area contributed by atoms with E-state index < -0.39 is 0 Å². The van der Waals surface area contributed by atoms with E-state index in [0.29, 0.717) is 11.8 Å². The molecule has 0 aliphatic carbocycles. The van der Waals surface area contributed by atoms with Crippen LogP contribution in [-0.2, 0) is 6.42 Å². The first-order valence-electron chi connectivity index (χ1n) is 9.63. The van der Waals surface area contributed by atoms with Gasteiger partial charge in [0, 0.05) is 59.9 Å². The Kier molecular flexibility index (Phi) is 4.36. The molecule has 0 N–H and O–H groups in total. The highest BCUT2D eigenvalue weighted by Gasteiger charge is 2.39. The quantitative estimate of drug-likeness (QED) is 0.678. The van der Waals surface area contributed by atoms with Crippen molar-refractivity contribution in [2.45, 2.75) is 19.3 Å². The predicted molar refractivity (Wildman–Crippen MR) is 109 cm³/mol. The number of para-hydroxylation sites is 1. The normalized spacial score (nSPS) is 21.4. The van der Waals surface area contributed by atoms with Gasteiger partial charge in [-0.1, -0.05) is 12.1 Å². The third kappa shape index (κ3) is 2.81. The molecule has 5 rings (SSSR count). The topological polar surface area (TPSA) is 56.1 Å². The summed E-state index contributed by atoms with van der Waals surface area (Å²) in [5.74, 6) is 2.65. The molecule has 1 saturated heterocycles. The van der Waals surface area contributed by atoms with Crippen molar-refractivity contribution in [3.05, 3.63) is 57.0 Å². The number of ether oxygens (including phenoxy) is 2. The van der Waals surface area contributed by atoms with Gasteiger partial charge in [0.2, 0.25) is 0 Å². The molecule has 1 aromatic carbocycles. The summed E-state index contributed by atoms with van der Waals surface area (Å²) in [5.41, 5.74) is 2.99. The molecule has 4 heterocycles. The number of fused-ring (bicyclic) bond motifs is 4. The molecule has 0 saturated carbocycles. The average Bonchev–Trinajstić information content (AvgIpc) is 3.33. The molecule has 0 spiro atoms. The van der Waals surface area contributed by atoms with Gasteiger partial charge < -0.3 is 14.4 Å². The standard InChI is InChI=1S/C21H23N3O3S/c1-13-15(20(25)24-8-9-28-21(24)22-13)6-7-23-10-14-12-27-19-16(17(14)11-23)4-3-5-18(19)26-2/h3-5,8-9,14,17H,6-7,10-12H2,1-2H3/t14-,17-/m0/s1. The number of aryl methyl sites for hydroxylation is 1. The fourth-order valence-electron chi connectivity index (χ4n) is 4.57. The lowest BCUT2D eigenvalue weighted by molar-refractivity contribution is 0.204. The van der Waals surface area contributed by atoms with Crippen LogP contribution in [0.25, 0.3) is 4.96 Å². The van der Waals surface area contributed by atoms with Gasteiger partial charge in [0.1, 0.15) is 0 Å². The SMILES string of the molecule is COc1cccc2c1OC[C@@H]1CN(CCc3c(C)nc4sccn4c3=O)C[C@H]21. The number of benzene rings is 1. The Balaban J connectivity index is 1.34. The maximum Gasteiger partial charge on any atom is 0.261 e. The Hall–Kier alpha value is -2.38. The molecule has 2 atom stereocenters. The highest BCUT2D eigenvalue weighted by atomic mass is 32.1. The van der Waals surface area contributed by atoms with E-state index in [1.807, 2.05) is 30.6 Å². The van der Waals surface area contributed by atoms with Crippen molar-refractivity contribution in [3.8, 4) is 11.5 Å². The fraction of sp³-hybridized carbons (Fsp3) is 0.429. The van der Waals surface area contributed by atoms with Gasteiger partial charge in [-0.25, -0.2) is 4.98 Å². The average molecular weight is 398 g/mol. The van der Waals surface area contributed by atoms with Gasteiger partial charge in [0.25, 0.3) is 5.56 Å². The molecule has 3 aromatic rings. The van der Waals surface area contributed by atoms with E-state index in [1.54, 1.807) is 11.5 Å². The summed E-state index contributed by atoms with van der Waals surface area (Å²) in [6.07, 6.45) is 2.53. The molecule has 2 aromatic heterocycles. The van der Waals surface area contributed by atoms with Crippen LogP contribution in [0.4, 0.5) is 0 Å². The summed E-state index contributed by atoms with van der Waals surface area (Å²) >= 11 is 1.49. The lowest BCUT2D eigenvalue weighted by atomic mass is 9.87. The molecular formula is C21H23N3O3S. The lowest BCUT2D eigenvalue weighted by Crippen LogP contribution is -2.28. The molecule has 0 amide bonds. The Labute approximate surface area is 167 Å². The number of hydrogen-bond donors (Lipinski definition) is 0. The number of methoxy groups -OCH3 is 1. The van der Waals surface area contributed by atoms with Crippen molar-refractivity contribution < 1.29 is 9.47 Å². The van der Waals surface area contributed by atoms with Crippen LogP contribution < -0.4 is 15.0 Å². The number of likely N-dealkylation sites (tertiary alicyclic amines) is 1. The molecule has 146 valence electrons. The number of thiazole rings is 1. The van der Waals surface area contributed by atoms with Gasteiger partial charge in [0.05, 0.1) is 13.7 Å². The van der Waals surface area contributed by atoms with Crippen molar-refractivity contribution in [3.63, 3.8) is 0 Å². The van der Waals surface area contributed by atoms with Crippen LogP contribution in [0, 0.1) is 12.8 Å². The second-order valence-corrected chi connectivity index (χ2v) is 8.48. The van der Waals surface area contributed by atoms with E-state index >= 15 is 0 Å². The number of aromatic nitrogens is 2. The van der Waals surface area contributed by atoms with E-state index in [9.17, 15) is 4.79 Å². The Morgan fingerprint density at radius 1 is 1.36 bits per heavy atom. The zero-order valence-electron chi connectivity index (χ0n) is 16.1. The van der Waals surface area contributed by atoms with E-state index in [2.05, 4.69) is 16.0 Å². The summed E-state index contributed by atoms with van der Waals surface area (Å²) in [7, 11) is 1.69. The number of nitrogens with zero attached hydrogens (tertiary/aromatic N) is 3. The molecule has 2 aliphatic rings. The minimum absolute atomic E-state index is 0.0683. The molecule has 1 fully saturated rings. The Bertz CT molecular complexity index is 1090. The van der Waals surface area contributed by atoms with E-state index in [4.69, 9.17) is 9.47 Å². The van der Waals surface area contributed by atoms with Crippen LogP contribution in [0.5, 0.6) is 11.5 Å². The second-order valence-electron chi connectivity index (χ2n) is 7.60. The largest absolute Gasteiger partial charge is 0.493 e. The minimum Gasteiger partial charge on any atom is -0.493 e. The van der Waals surface area contributed by atoms with Gasteiger partial charge in [0.15, 0.2) is 16.5 Å². The van der Waals surface area contributed by atoms with Gasteiger partial charge in [-0.05, 0) is 19.4 Å². The van der Waals surface area contributed by atoms with Gasteiger partial charge in [-0.3, -0.25) is 9.20 Å². The van der Waals surface area contributed by atoms with Crippen LogP contribution in [0.3, 0.4) is 0 Å². The maximum atomic E-state index is 12.8. The Morgan fingerprint density at radius 3 is 3.11 bits per heavy atom. The van der Waals surface area contributed by atoms with Crippen molar-refractivity contribution >= 4 is 16.3 Å². The first-order chi connectivity index (χ1) is 13.7. The zero-order chi connectivity index (χ0) is 19.3. The van der Waals surface area contributed by atoms with Crippen LogP contribution in [-0.4, -0.2) is 47.6 Å². The van der Waals surface area contributed by atoms with Crippen molar-refractivity contribution in [2.24, 2.45) is 5.92 Å². The zero-order valence-corrected chi connectivity index (χ0v) is 16.9. The first kappa shape index (κ1) is 17.7. The van der Waals surface area contributed by atoms with Crippen LogP contribution in [0.15, 0.2) is 34.6 Å². The number of hydrogen-bond acceptors (Lipinski definition) is 6. The molecule has 6 nitrogen and oxygen atoms in total. The summed E-state index contributed by atoms with van der Waals surface area (Å²) in [4.78, 5) is 20.6. The Morgan fingerprint density at radius 2 is 2.25 bits per heavy atom. The third-order valence-electron chi connectivity index (χ3n) is 6.03. The molecule has 2 aliphatic heterocycles. The lowest BCUT2D eigenvalue weighted by Gasteiger charge is -2.28. The van der Waals surface area contributed by atoms with Gasteiger partial charge in [-0.15, -0.1) is 11.3 Å². The van der Waals surface area contributed by atoms with E-state index in [0.717, 1.165) is 60.4 Å². The summed E-state index contributed by atoms with van der Waals surface area (Å²) in [5, 5.41) is 1.91. The third-order valence-corrected chi connectivity index (χ3v) is 6.79. The van der Waals surface area contributed by atoms with Crippen LogP contribution >= 0.6 is 11.3 Å². The van der Waals surface area contributed by atoms with Gasteiger partial charge in [-0.2, -0.15) is 0 Å². The molecule has 0 radical (unpaired) electrons. The summed E-state index contributed by atoms with van der Waals surface area (Å²) in [6.45, 7) is 5.51. The van der Waals surface area contributed by atoms with Crippen molar-refractivity contribution in [2.75, 3.05) is 33.4 Å². The molecular weight excluding hydrogens is 374 g/mol. The van der Waals surface area contributed by atoms with E-state index in [-0.39, 0.29) is 5.56 Å². The smallest absolute Gasteiger partial charge is 0.261 e. The molecule has 28 heavy (non-hydrogen) atoms. The first-order valence-corrected chi connectivity index (χ1v) is 10.5. The highest BCUT2D eigenvalue weighted by Crippen LogP contribution is 2.45. The molecule has 0 bridgehead atoms. The maximum absolute atomic E-state index is 12.8. The van der Waals surface area contributed by atoms with Crippen LogP contribution in [0.1, 0.15) is 22.7 Å². The molecule has 7 heteroatoms.